The van der Waals surface area contributed by atoms with Gasteiger partial charge in [0.25, 0.3) is 0 Å². The summed E-state index contributed by atoms with van der Waals surface area (Å²) in [6, 6.07) is 15.6. The molecule has 1 heterocycles. The van der Waals surface area contributed by atoms with Crippen molar-refractivity contribution in [2.45, 2.75) is 31.7 Å². The topological polar surface area (TPSA) is 68.2 Å². The van der Waals surface area contributed by atoms with E-state index >= 15 is 0 Å². The molecule has 2 atom stereocenters. The number of benzene rings is 2. The van der Waals surface area contributed by atoms with E-state index < -0.39 is 12.4 Å². The summed E-state index contributed by atoms with van der Waals surface area (Å²) in [6.07, 6.45) is 1.02. The Balaban J connectivity index is 1.74. The second kappa shape index (κ2) is 7.94. The van der Waals surface area contributed by atoms with Gasteiger partial charge in [0.15, 0.2) is 0 Å². The molecular weight excluding hydrogens is 320 g/mol. The molecule has 1 saturated heterocycles. The van der Waals surface area contributed by atoms with Gasteiger partial charge in [-0.05, 0) is 29.3 Å². The molecule has 5 heteroatoms. The van der Waals surface area contributed by atoms with Crippen molar-refractivity contribution >= 4 is 0 Å². The Kier molecular flexibility index (Phi) is 5.46. The maximum atomic E-state index is 9.89. The van der Waals surface area contributed by atoms with Gasteiger partial charge >= 0.3 is 0 Å². The zero-order chi connectivity index (χ0) is 17.6. The Hall–Kier alpha value is -2.66. The Bertz CT molecular complexity index is 723. The molecule has 0 radical (unpaired) electrons. The first kappa shape index (κ1) is 17.2. The first-order valence-electron chi connectivity index (χ1n) is 8.23. The lowest BCUT2D eigenvalue weighted by Crippen LogP contribution is -2.32. The lowest BCUT2D eigenvalue weighted by molar-refractivity contribution is -0.105. The number of rotatable bonds is 5. The molecule has 2 aromatic carbocycles. The molecule has 2 aromatic rings. The molecule has 0 spiro atoms. The van der Waals surface area contributed by atoms with Crippen LogP contribution in [0.1, 0.15) is 24.0 Å². The van der Waals surface area contributed by atoms with Gasteiger partial charge in [-0.3, -0.25) is 0 Å². The standard InChI is InChI=1S/C20H22O5/c1-23-17-8-6-14(7-9-17)10-15-4-2-3-5-19(15)25-20-12-16(22)11-18(13-21)24-20/h2-9,13,16,20-22H,10-12H2,1H3/b18-13+/t16-,20-/m0/s1. The lowest BCUT2D eigenvalue weighted by atomic mass is 10.0. The lowest BCUT2D eigenvalue weighted by Gasteiger charge is -2.29. The molecule has 0 aliphatic carbocycles. The smallest absolute Gasteiger partial charge is 0.243 e. The van der Waals surface area contributed by atoms with Gasteiger partial charge in [0.1, 0.15) is 23.5 Å². The van der Waals surface area contributed by atoms with Crippen molar-refractivity contribution < 1.29 is 24.4 Å². The number of aliphatic hydroxyl groups is 2. The third-order valence-corrected chi connectivity index (χ3v) is 4.11. The third kappa shape index (κ3) is 4.45. The molecular formula is C20H22O5. The van der Waals surface area contributed by atoms with Gasteiger partial charge in [-0.2, -0.15) is 0 Å². The van der Waals surface area contributed by atoms with E-state index in [9.17, 15) is 5.11 Å². The summed E-state index contributed by atoms with van der Waals surface area (Å²) in [5.41, 5.74) is 2.16. The monoisotopic (exact) mass is 342 g/mol. The summed E-state index contributed by atoms with van der Waals surface area (Å²) in [5.74, 6) is 1.85. The van der Waals surface area contributed by atoms with Crippen LogP contribution in [-0.2, 0) is 11.2 Å². The van der Waals surface area contributed by atoms with Crippen molar-refractivity contribution in [1.82, 2.24) is 0 Å². The predicted octanol–water partition coefficient (Wildman–Crippen LogP) is 3.56. The Morgan fingerprint density at radius 2 is 1.92 bits per heavy atom. The summed E-state index contributed by atoms with van der Waals surface area (Å²) in [5, 5.41) is 19.0. The fraction of sp³-hybridized carbons (Fsp3) is 0.300. The van der Waals surface area contributed by atoms with E-state index in [2.05, 4.69) is 0 Å². The van der Waals surface area contributed by atoms with Crippen LogP contribution >= 0.6 is 0 Å². The minimum Gasteiger partial charge on any atom is -0.512 e. The van der Waals surface area contributed by atoms with E-state index in [1.165, 1.54) is 0 Å². The van der Waals surface area contributed by atoms with Gasteiger partial charge in [0, 0.05) is 19.3 Å². The van der Waals surface area contributed by atoms with Crippen LogP contribution in [0.15, 0.2) is 60.6 Å². The van der Waals surface area contributed by atoms with E-state index in [0.717, 1.165) is 23.1 Å². The van der Waals surface area contributed by atoms with Crippen molar-refractivity contribution in [1.29, 1.82) is 0 Å². The van der Waals surface area contributed by atoms with Gasteiger partial charge in [0.2, 0.25) is 6.29 Å². The molecule has 2 N–H and O–H groups in total. The van der Waals surface area contributed by atoms with Gasteiger partial charge < -0.3 is 24.4 Å². The highest BCUT2D eigenvalue weighted by Crippen LogP contribution is 2.28. The summed E-state index contributed by atoms with van der Waals surface area (Å²) < 4.78 is 16.7. The number of methoxy groups -OCH3 is 1. The molecule has 1 aliphatic rings. The summed E-state index contributed by atoms with van der Waals surface area (Å²) >= 11 is 0. The summed E-state index contributed by atoms with van der Waals surface area (Å²) in [6.45, 7) is 0. The maximum absolute atomic E-state index is 9.89. The predicted molar refractivity (Wildman–Crippen MR) is 93.7 cm³/mol. The quantitative estimate of drug-likeness (QED) is 0.813. The van der Waals surface area contributed by atoms with E-state index in [-0.39, 0.29) is 0 Å². The van der Waals surface area contributed by atoms with Crippen molar-refractivity contribution in [2.24, 2.45) is 0 Å². The zero-order valence-electron chi connectivity index (χ0n) is 14.1. The molecule has 0 bridgehead atoms. The van der Waals surface area contributed by atoms with Gasteiger partial charge in [0.05, 0.1) is 13.2 Å². The van der Waals surface area contributed by atoms with Crippen LogP contribution in [-0.4, -0.2) is 29.7 Å². The average molecular weight is 342 g/mol. The summed E-state index contributed by atoms with van der Waals surface area (Å²) in [4.78, 5) is 0. The van der Waals surface area contributed by atoms with Crippen LogP contribution in [0.2, 0.25) is 0 Å². The van der Waals surface area contributed by atoms with Crippen LogP contribution in [0.25, 0.3) is 0 Å². The highest BCUT2D eigenvalue weighted by molar-refractivity contribution is 5.39. The fourth-order valence-electron chi connectivity index (χ4n) is 2.83. The zero-order valence-corrected chi connectivity index (χ0v) is 14.1. The van der Waals surface area contributed by atoms with Crippen molar-refractivity contribution in [2.75, 3.05) is 7.11 Å². The largest absolute Gasteiger partial charge is 0.512 e. The molecule has 1 fully saturated rings. The highest BCUT2D eigenvalue weighted by atomic mass is 16.7. The number of ether oxygens (including phenoxy) is 3. The normalized spacial score (nSPS) is 21.6. The highest BCUT2D eigenvalue weighted by Gasteiger charge is 2.27. The Morgan fingerprint density at radius 1 is 1.16 bits per heavy atom. The second-order valence-corrected chi connectivity index (χ2v) is 5.99. The number of aliphatic hydroxyl groups excluding tert-OH is 2. The molecule has 1 aliphatic heterocycles. The summed E-state index contributed by atoms with van der Waals surface area (Å²) in [7, 11) is 1.64. The van der Waals surface area contributed by atoms with Gasteiger partial charge in [-0.25, -0.2) is 0 Å². The van der Waals surface area contributed by atoms with Crippen LogP contribution in [0.5, 0.6) is 11.5 Å². The van der Waals surface area contributed by atoms with Crippen molar-refractivity contribution in [3.8, 4) is 11.5 Å². The molecule has 132 valence electrons. The van der Waals surface area contributed by atoms with Crippen LogP contribution < -0.4 is 9.47 Å². The van der Waals surface area contributed by atoms with E-state index in [1.54, 1.807) is 7.11 Å². The van der Waals surface area contributed by atoms with Gasteiger partial charge in [-0.1, -0.05) is 30.3 Å². The molecule has 5 nitrogen and oxygen atoms in total. The number of para-hydroxylation sites is 1. The van der Waals surface area contributed by atoms with E-state index in [0.29, 0.717) is 30.8 Å². The van der Waals surface area contributed by atoms with Crippen LogP contribution in [0, 0.1) is 0 Å². The average Bonchev–Trinajstić information content (AvgIpc) is 2.63. The number of hydrogen-bond donors (Lipinski definition) is 2. The van der Waals surface area contributed by atoms with E-state index in [1.807, 2.05) is 48.5 Å². The minimum absolute atomic E-state index is 0.295. The minimum atomic E-state index is -0.626. The van der Waals surface area contributed by atoms with Crippen molar-refractivity contribution in [3.63, 3.8) is 0 Å². The maximum Gasteiger partial charge on any atom is 0.243 e. The SMILES string of the molecule is COc1ccc(Cc2ccccc2O[C@H]2C[C@@H](O)C/C(=C\O)O2)cc1. The third-order valence-electron chi connectivity index (χ3n) is 4.11. The molecule has 0 amide bonds. The molecule has 0 unspecified atom stereocenters. The molecule has 25 heavy (non-hydrogen) atoms. The Morgan fingerprint density at radius 3 is 2.64 bits per heavy atom. The molecule has 3 rings (SSSR count). The van der Waals surface area contributed by atoms with Crippen molar-refractivity contribution in [3.05, 3.63) is 71.7 Å². The first-order valence-corrected chi connectivity index (χ1v) is 8.23. The fourth-order valence-corrected chi connectivity index (χ4v) is 2.83. The molecule has 0 aromatic heterocycles. The number of hydrogen-bond acceptors (Lipinski definition) is 5. The molecule has 0 saturated carbocycles. The van der Waals surface area contributed by atoms with Gasteiger partial charge in [-0.15, -0.1) is 0 Å². The van der Waals surface area contributed by atoms with Crippen LogP contribution in [0.3, 0.4) is 0 Å². The van der Waals surface area contributed by atoms with E-state index in [4.69, 9.17) is 19.3 Å². The first-order chi connectivity index (χ1) is 12.2. The second-order valence-electron chi connectivity index (χ2n) is 5.99. The van der Waals surface area contributed by atoms with Crippen LogP contribution in [0.4, 0.5) is 0 Å². The Labute approximate surface area is 147 Å².